The lowest BCUT2D eigenvalue weighted by Crippen LogP contribution is -1.94. The molecule has 0 amide bonds. The minimum absolute atomic E-state index is 0.720. The molecule has 0 radical (unpaired) electrons. The summed E-state index contributed by atoms with van der Waals surface area (Å²) >= 11 is 0. The Labute approximate surface area is 94.1 Å². The highest BCUT2D eigenvalue weighted by Crippen LogP contribution is 2.03. The molecule has 4 heteroatoms. The number of pyridine rings is 2. The summed E-state index contributed by atoms with van der Waals surface area (Å²) in [7, 11) is 0. The van der Waals surface area contributed by atoms with Crippen LogP contribution in [-0.2, 0) is 0 Å². The van der Waals surface area contributed by atoms with Crippen LogP contribution in [0.15, 0.2) is 47.8 Å². The molecule has 2 rings (SSSR count). The molecule has 4 nitrogen and oxygen atoms in total. The van der Waals surface area contributed by atoms with Gasteiger partial charge in [0.1, 0.15) is 5.82 Å². The maximum Gasteiger partial charge on any atom is 0.146 e. The minimum Gasteiger partial charge on any atom is -0.261 e. The van der Waals surface area contributed by atoms with Crippen molar-refractivity contribution in [3.8, 4) is 0 Å². The molecule has 16 heavy (non-hydrogen) atoms. The van der Waals surface area contributed by atoms with E-state index in [0.29, 0.717) is 0 Å². The Morgan fingerprint density at radius 2 is 2.12 bits per heavy atom. The number of aromatic nitrogens is 2. The second-order valence-corrected chi connectivity index (χ2v) is 3.35. The van der Waals surface area contributed by atoms with Gasteiger partial charge in [-0.25, -0.2) is 4.98 Å². The molecule has 0 saturated carbocycles. The number of rotatable bonds is 3. The second kappa shape index (κ2) is 5.02. The second-order valence-electron chi connectivity index (χ2n) is 3.35. The van der Waals surface area contributed by atoms with E-state index in [9.17, 15) is 0 Å². The van der Waals surface area contributed by atoms with Gasteiger partial charge in [0, 0.05) is 12.4 Å². The Kier molecular flexibility index (Phi) is 3.23. The number of hydrazone groups is 1. The van der Waals surface area contributed by atoms with Gasteiger partial charge in [-0.3, -0.25) is 10.4 Å². The molecule has 0 aliphatic rings. The summed E-state index contributed by atoms with van der Waals surface area (Å²) in [6.07, 6.45) is 5.17. The number of hydrogen-bond acceptors (Lipinski definition) is 4. The maximum absolute atomic E-state index is 4.16. The minimum atomic E-state index is 0.720. The molecule has 0 unspecified atom stereocenters. The molecule has 0 atom stereocenters. The van der Waals surface area contributed by atoms with Crippen molar-refractivity contribution >= 4 is 12.0 Å². The molecule has 0 bridgehead atoms. The zero-order valence-corrected chi connectivity index (χ0v) is 8.96. The van der Waals surface area contributed by atoms with Gasteiger partial charge in [-0.1, -0.05) is 12.1 Å². The van der Waals surface area contributed by atoms with Crippen molar-refractivity contribution in [3.63, 3.8) is 0 Å². The highest BCUT2D eigenvalue weighted by atomic mass is 15.3. The van der Waals surface area contributed by atoms with Gasteiger partial charge < -0.3 is 0 Å². The Balaban J connectivity index is 1.97. The summed E-state index contributed by atoms with van der Waals surface area (Å²) < 4.78 is 0. The molecule has 0 spiro atoms. The van der Waals surface area contributed by atoms with Crippen LogP contribution in [0.5, 0.6) is 0 Å². The van der Waals surface area contributed by atoms with E-state index >= 15 is 0 Å². The fourth-order valence-corrected chi connectivity index (χ4v) is 1.15. The van der Waals surface area contributed by atoms with Crippen LogP contribution < -0.4 is 5.43 Å². The summed E-state index contributed by atoms with van der Waals surface area (Å²) in [4.78, 5) is 8.28. The highest BCUT2D eigenvalue weighted by molar-refractivity contribution is 5.77. The van der Waals surface area contributed by atoms with Crippen LogP contribution in [0.2, 0.25) is 0 Å². The Morgan fingerprint density at radius 3 is 2.81 bits per heavy atom. The first-order valence-electron chi connectivity index (χ1n) is 4.97. The van der Waals surface area contributed by atoms with Crippen LogP contribution in [0.25, 0.3) is 0 Å². The Morgan fingerprint density at radius 1 is 1.19 bits per heavy atom. The molecule has 2 aromatic rings. The molecule has 0 fully saturated rings. The predicted octanol–water partition coefficient (Wildman–Crippen LogP) is 2.23. The van der Waals surface area contributed by atoms with Crippen molar-refractivity contribution in [1.82, 2.24) is 9.97 Å². The molecule has 0 aliphatic carbocycles. The summed E-state index contributed by atoms with van der Waals surface area (Å²) in [6.45, 7) is 1.99. The lowest BCUT2D eigenvalue weighted by molar-refractivity contribution is 1.20. The van der Waals surface area contributed by atoms with Crippen molar-refractivity contribution in [3.05, 3.63) is 54.0 Å². The van der Waals surface area contributed by atoms with Crippen molar-refractivity contribution in [1.29, 1.82) is 0 Å². The summed E-state index contributed by atoms with van der Waals surface area (Å²) in [6, 6.07) is 9.52. The van der Waals surface area contributed by atoms with Gasteiger partial charge in [0.05, 0.1) is 11.9 Å². The van der Waals surface area contributed by atoms with Crippen molar-refractivity contribution in [2.24, 2.45) is 5.10 Å². The Hall–Kier alpha value is -2.23. The number of aryl methyl sites for hydroxylation is 1. The van der Waals surface area contributed by atoms with Crippen LogP contribution in [-0.4, -0.2) is 16.2 Å². The van der Waals surface area contributed by atoms with Crippen molar-refractivity contribution < 1.29 is 0 Å². The third kappa shape index (κ3) is 2.88. The molecular weight excluding hydrogens is 200 g/mol. The van der Waals surface area contributed by atoms with Gasteiger partial charge in [0.25, 0.3) is 0 Å². The number of hydrogen-bond donors (Lipinski definition) is 1. The third-order valence-corrected chi connectivity index (χ3v) is 1.98. The molecule has 0 saturated heterocycles. The monoisotopic (exact) mass is 212 g/mol. The molecule has 80 valence electrons. The largest absolute Gasteiger partial charge is 0.261 e. The van der Waals surface area contributed by atoms with E-state index < -0.39 is 0 Å². The number of anilines is 1. The smallest absolute Gasteiger partial charge is 0.146 e. The van der Waals surface area contributed by atoms with E-state index in [1.807, 2.05) is 37.3 Å². The van der Waals surface area contributed by atoms with Crippen molar-refractivity contribution in [2.45, 2.75) is 6.92 Å². The molecular formula is C12H12N4. The average molecular weight is 212 g/mol. The van der Waals surface area contributed by atoms with E-state index in [1.165, 1.54) is 0 Å². The van der Waals surface area contributed by atoms with E-state index in [0.717, 1.165) is 17.1 Å². The van der Waals surface area contributed by atoms with E-state index in [1.54, 1.807) is 18.6 Å². The maximum atomic E-state index is 4.16. The molecule has 2 heterocycles. The number of nitrogens with one attached hydrogen (secondary N) is 1. The van der Waals surface area contributed by atoms with E-state index in [4.69, 9.17) is 0 Å². The Bertz CT molecular complexity index is 462. The average Bonchev–Trinajstić information content (AvgIpc) is 2.33. The van der Waals surface area contributed by atoms with Crippen LogP contribution in [0.4, 0.5) is 5.82 Å². The zero-order chi connectivity index (χ0) is 11.2. The molecule has 2 aromatic heterocycles. The van der Waals surface area contributed by atoms with Crippen LogP contribution in [0.3, 0.4) is 0 Å². The van der Waals surface area contributed by atoms with E-state index in [2.05, 4.69) is 20.5 Å². The fraction of sp³-hybridized carbons (Fsp3) is 0.0833. The quantitative estimate of drug-likeness (QED) is 0.627. The fourth-order valence-electron chi connectivity index (χ4n) is 1.15. The van der Waals surface area contributed by atoms with Gasteiger partial charge in [-0.2, -0.15) is 5.10 Å². The van der Waals surface area contributed by atoms with Gasteiger partial charge in [-0.05, 0) is 30.7 Å². The van der Waals surface area contributed by atoms with Crippen LogP contribution in [0, 0.1) is 6.92 Å². The number of nitrogens with zero attached hydrogens (tertiary/aromatic N) is 3. The SMILES string of the molecule is Cc1ccc(N/N=C/c2ccccn2)nc1. The van der Waals surface area contributed by atoms with Gasteiger partial charge in [0.2, 0.25) is 0 Å². The molecule has 0 aliphatic heterocycles. The van der Waals surface area contributed by atoms with E-state index in [-0.39, 0.29) is 0 Å². The summed E-state index contributed by atoms with van der Waals surface area (Å²) in [5, 5.41) is 4.04. The normalized spacial score (nSPS) is 10.6. The summed E-state index contributed by atoms with van der Waals surface area (Å²) in [5.41, 5.74) is 4.77. The first kappa shape index (κ1) is 10.3. The third-order valence-electron chi connectivity index (χ3n) is 1.98. The van der Waals surface area contributed by atoms with Gasteiger partial charge in [0.15, 0.2) is 0 Å². The highest BCUT2D eigenvalue weighted by Gasteiger charge is 1.90. The van der Waals surface area contributed by atoms with Gasteiger partial charge >= 0.3 is 0 Å². The molecule has 0 aromatic carbocycles. The standard InChI is InChI=1S/C12H12N4/c1-10-5-6-12(14-8-10)16-15-9-11-4-2-3-7-13-11/h2-9H,1H3,(H,14,16)/b15-9+. The van der Waals surface area contributed by atoms with Crippen molar-refractivity contribution in [2.75, 3.05) is 5.43 Å². The van der Waals surface area contributed by atoms with Crippen LogP contribution >= 0.6 is 0 Å². The van der Waals surface area contributed by atoms with Gasteiger partial charge in [-0.15, -0.1) is 0 Å². The van der Waals surface area contributed by atoms with Crippen LogP contribution in [0.1, 0.15) is 11.3 Å². The lowest BCUT2D eigenvalue weighted by Gasteiger charge is -1.98. The summed E-state index contributed by atoms with van der Waals surface area (Å²) in [5.74, 6) is 0.720. The first-order chi connectivity index (χ1) is 7.84. The lowest BCUT2D eigenvalue weighted by atomic mass is 10.3. The zero-order valence-electron chi connectivity index (χ0n) is 8.96. The topological polar surface area (TPSA) is 50.2 Å². The predicted molar refractivity (Wildman–Crippen MR) is 64.4 cm³/mol. The first-order valence-corrected chi connectivity index (χ1v) is 4.97. The molecule has 1 N–H and O–H groups in total.